The third-order valence-electron chi connectivity index (χ3n) is 16.2. The van der Waals surface area contributed by atoms with Gasteiger partial charge in [-0.15, -0.1) is 5.06 Å². The number of hydrogen-bond donors (Lipinski definition) is 6. The van der Waals surface area contributed by atoms with Crippen LogP contribution in [0.1, 0.15) is 123 Å². The molecule has 0 aliphatic carbocycles. The number of urea groups is 1. The van der Waals surface area contributed by atoms with E-state index in [4.69, 9.17) is 45.9 Å². The van der Waals surface area contributed by atoms with E-state index in [0.717, 1.165) is 16.0 Å². The highest BCUT2D eigenvalue weighted by molar-refractivity contribution is 6.35. The number of primary amides is 1. The Morgan fingerprint density at radius 3 is 2.27 bits per heavy atom. The molecule has 4 bridgehead atoms. The molecule has 0 aromatic heterocycles. The van der Waals surface area contributed by atoms with Gasteiger partial charge in [-0.25, -0.2) is 19.2 Å². The van der Waals surface area contributed by atoms with Crippen LogP contribution in [0.15, 0.2) is 60.2 Å². The maximum Gasteiger partial charge on any atom is 0.409 e. The number of amides is 11. The number of unbranched alkanes of at least 4 members (excludes halogenated alkanes) is 1. The first-order chi connectivity index (χ1) is 43.6. The molecule has 1 unspecified atom stereocenters. The number of nitrogens with one attached hydrogen (secondary N) is 5. The van der Waals surface area contributed by atoms with Gasteiger partial charge in [-0.05, 0) is 93.7 Å². The SMILES string of the molecule is COc1cc2cc(c1Cl)N(C)C(=O)C[C@H](OC(=O)CN(C)C(=O)CCN(C)C(=O)OCc1ccc(NC(=O)[C@H](CCCNC(N)=O)NC(=O)[C@@H](NC(=O)CCCCC(=O)ON3C(=O)CCC3=O)C(C)C)cc1)[C@]1(C)O[C@H]1[C@H](C)[C@@H]1CC(C/C=C/C=C(\C)C2)NC(=O)O1. The largest absolute Gasteiger partial charge is 0.495 e. The van der Waals surface area contributed by atoms with Gasteiger partial charge in [0.1, 0.15) is 53.8 Å². The Kier molecular flexibility index (Phi) is 26.3. The zero-order chi connectivity index (χ0) is 67.6. The fourth-order valence-corrected chi connectivity index (χ4v) is 11.0. The summed E-state index contributed by atoms with van der Waals surface area (Å²) in [6.07, 6.45) is 3.52. The Labute approximate surface area is 539 Å². The van der Waals surface area contributed by atoms with Gasteiger partial charge >= 0.3 is 30.2 Å². The van der Waals surface area contributed by atoms with Gasteiger partial charge in [0.25, 0.3) is 11.8 Å². The average Bonchev–Trinajstić information content (AvgIpc) is 1.59. The van der Waals surface area contributed by atoms with E-state index < -0.39 is 120 Å². The summed E-state index contributed by atoms with van der Waals surface area (Å²) >= 11 is 6.81. The Morgan fingerprint density at radius 1 is 0.902 bits per heavy atom. The van der Waals surface area contributed by atoms with Crippen molar-refractivity contribution in [2.24, 2.45) is 17.6 Å². The van der Waals surface area contributed by atoms with Crippen molar-refractivity contribution >= 4 is 94.5 Å². The van der Waals surface area contributed by atoms with Crippen LogP contribution in [0.4, 0.5) is 25.8 Å². The third kappa shape index (κ3) is 20.9. The quantitative estimate of drug-likeness (QED) is 0.0250. The number of alkyl carbamates (subject to hydrolysis) is 1. The van der Waals surface area contributed by atoms with Crippen molar-refractivity contribution in [1.82, 2.24) is 36.1 Å². The molecule has 3 saturated heterocycles. The Balaban J connectivity index is 0.994. The van der Waals surface area contributed by atoms with E-state index >= 15 is 0 Å². The normalized spacial score (nSPS) is 22.2. The van der Waals surface area contributed by atoms with Crippen LogP contribution in [0.5, 0.6) is 5.75 Å². The Morgan fingerprint density at radius 2 is 1.60 bits per heavy atom. The first-order valence-corrected chi connectivity index (χ1v) is 31.0. The van der Waals surface area contributed by atoms with Crippen molar-refractivity contribution in [2.75, 3.05) is 58.1 Å². The molecule has 7 N–H and O–H groups in total. The lowest BCUT2D eigenvalue weighted by Crippen LogP contribution is -2.54. The minimum atomic E-state index is -1.21. The number of allylic oxidation sites excluding steroid dienone is 3. The van der Waals surface area contributed by atoms with Gasteiger partial charge in [-0.3, -0.25) is 38.4 Å². The van der Waals surface area contributed by atoms with E-state index in [0.29, 0.717) is 47.0 Å². The second-order valence-corrected chi connectivity index (χ2v) is 24.3. The fraction of sp³-hybridized carbons (Fsp3) is 0.556. The number of hydroxylamine groups is 2. The number of likely N-dealkylation sites (N-methyl/N-ethyl adjacent to an activating group) is 1. The van der Waals surface area contributed by atoms with E-state index in [1.807, 2.05) is 32.1 Å². The highest BCUT2D eigenvalue weighted by atomic mass is 35.5. The van der Waals surface area contributed by atoms with Crippen LogP contribution in [0.25, 0.3) is 0 Å². The van der Waals surface area contributed by atoms with Gasteiger partial charge in [-0.1, -0.05) is 68.3 Å². The van der Waals surface area contributed by atoms with Crippen LogP contribution in [-0.4, -0.2) is 176 Å². The molecule has 11 amide bonds. The van der Waals surface area contributed by atoms with Gasteiger partial charge in [0.05, 0.1) is 25.3 Å². The minimum absolute atomic E-state index is 0.0451. The molecular formula is C63H85ClN10O18. The number of hydrogen-bond acceptors (Lipinski definition) is 18. The lowest BCUT2D eigenvalue weighted by molar-refractivity contribution is -0.197. The van der Waals surface area contributed by atoms with Crippen molar-refractivity contribution in [3.63, 3.8) is 0 Å². The highest BCUT2D eigenvalue weighted by Gasteiger charge is 2.63. The van der Waals surface area contributed by atoms with Crippen LogP contribution in [0.3, 0.4) is 0 Å². The molecule has 2 aromatic carbocycles. The molecule has 502 valence electrons. The molecule has 0 spiro atoms. The molecule has 4 heterocycles. The molecule has 28 nitrogen and oxygen atoms in total. The highest BCUT2D eigenvalue weighted by Crippen LogP contribution is 2.49. The molecule has 2 aromatic rings. The molecule has 29 heteroatoms. The zero-order valence-electron chi connectivity index (χ0n) is 53.4. The van der Waals surface area contributed by atoms with Gasteiger partial charge in [-0.2, -0.15) is 0 Å². The molecular weight excluding hydrogens is 1220 g/mol. The number of carbonyl (C=O) groups is 12. The van der Waals surface area contributed by atoms with Crippen LogP contribution in [0.2, 0.25) is 5.02 Å². The predicted octanol–water partition coefficient (Wildman–Crippen LogP) is 5.02. The zero-order valence-corrected chi connectivity index (χ0v) is 54.2. The molecule has 0 saturated carbocycles. The molecule has 4 aliphatic heterocycles. The number of benzene rings is 2. The van der Waals surface area contributed by atoms with Crippen molar-refractivity contribution in [3.8, 4) is 5.75 Å². The number of epoxide rings is 1. The van der Waals surface area contributed by atoms with Gasteiger partial charge < -0.3 is 75.5 Å². The lowest BCUT2D eigenvalue weighted by atomic mass is 9.85. The summed E-state index contributed by atoms with van der Waals surface area (Å²) in [6.45, 7) is 8.23. The summed E-state index contributed by atoms with van der Waals surface area (Å²) < 4.78 is 29.2. The third-order valence-corrected chi connectivity index (χ3v) is 16.6. The number of anilines is 2. The van der Waals surface area contributed by atoms with Gasteiger partial charge in [0.15, 0.2) is 0 Å². The van der Waals surface area contributed by atoms with Crippen LogP contribution in [0, 0.1) is 11.8 Å². The number of carbonyl (C=O) groups excluding carboxylic acids is 12. The second-order valence-electron chi connectivity index (χ2n) is 23.9. The topological polar surface area (TPSA) is 363 Å². The minimum Gasteiger partial charge on any atom is -0.495 e. The van der Waals surface area contributed by atoms with E-state index in [1.165, 1.54) is 31.0 Å². The van der Waals surface area contributed by atoms with E-state index in [2.05, 4.69) is 26.6 Å². The summed E-state index contributed by atoms with van der Waals surface area (Å²) in [5, 5.41) is 14.1. The van der Waals surface area contributed by atoms with Crippen molar-refractivity contribution in [3.05, 3.63) is 76.3 Å². The monoisotopic (exact) mass is 1300 g/mol. The lowest BCUT2D eigenvalue weighted by Gasteiger charge is -2.33. The standard InChI is InChI=1S/C63H85ClN10O18/c1-36(2)56(70-48(75)18-12-13-19-53(80)92-74-50(77)24-25-51(74)78)59(83)69-43(17-14-27-66-60(65)84)58(82)67-41-22-20-39(21-23-41)35-88-62(86)71(6)28-26-49(76)72(7)34-54(81)90-47-33-52(79)73(8)44-30-40(31-46(87-9)55(44)64)29-37(3)15-10-11-16-42-32-45(89-61(85)68-42)38(4)57-63(47,5)91-57/h10-11,15,20-23,30-31,36,38,42-43,45,47,56-57H,12-14,16-19,24-29,32-35H2,1-9H3,(H,67,82)(H,68,85)(H,69,83)(H,70,75)(H3,65,66,84)/b11-10+,37-15+/t38-,42?,43+,45+,47+,56+,57+,63+/m1/s1. The maximum atomic E-state index is 14.3. The first kappa shape index (κ1) is 72.3. The summed E-state index contributed by atoms with van der Waals surface area (Å²) in [5.74, 6) is -6.09. The second kappa shape index (κ2) is 33.5. The van der Waals surface area contributed by atoms with E-state index in [-0.39, 0.29) is 101 Å². The van der Waals surface area contributed by atoms with E-state index in [9.17, 15) is 57.5 Å². The first-order valence-electron chi connectivity index (χ1n) is 30.6. The van der Waals surface area contributed by atoms with Gasteiger partial charge in [0.2, 0.25) is 29.5 Å². The summed E-state index contributed by atoms with van der Waals surface area (Å²) in [4.78, 5) is 163. The Bertz CT molecular complexity index is 3130. The van der Waals surface area contributed by atoms with Crippen LogP contribution < -0.4 is 42.0 Å². The number of fused-ring (bicyclic) bond motifs is 5. The summed E-state index contributed by atoms with van der Waals surface area (Å²) in [5.41, 5.74) is 7.03. The number of imide groups is 1. The van der Waals surface area contributed by atoms with Crippen molar-refractivity contribution in [1.29, 1.82) is 0 Å². The maximum absolute atomic E-state index is 14.3. The number of nitrogens with zero attached hydrogens (tertiary/aromatic N) is 4. The van der Waals surface area contributed by atoms with Crippen LogP contribution >= 0.6 is 11.6 Å². The summed E-state index contributed by atoms with van der Waals surface area (Å²) in [6, 6.07) is 6.65. The molecule has 4 aliphatic rings. The van der Waals surface area contributed by atoms with Gasteiger partial charge in [0, 0.05) is 90.4 Å². The molecule has 92 heavy (non-hydrogen) atoms. The number of halogens is 1. The predicted molar refractivity (Wildman–Crippen MR) is 333 cm³/mol. The van der Waals surface area contributed by atoms with Crippen molar-refractivity contribution < 1.29 is 86.1 Å². The number of ether oxygens (including phenoxy) is 5. The Hall–Kier alpha value is -8.79. The van der Waals surface area contributed by atoms with Crippen molar-refractivity contribution in [2.45, 2.75) is 167 Å². The number of esters is 1. The summed E-state index contributed by atoms with van der Waals surface area (Å²) in [7, 11) is 5.86. The fourth-order valence-electron chi connectivity index (χ4n) is 10.7. The number of nitrogens with two attached hydrogens (primary N) is 1. The molecule has 8 atom stereocenters. The average molecular weight is 1310 g/mol. The number of methoxy groups -OCH3 is 1. The smallest absolute Gasteiger partial charge is 0.409 e. The molecule has 0 radical (unpaired) electrons. The number of rotatable bonds is 25. The van der Waals surface area contributed by atoms with Crippen LogP contribution in [-0.2, 0) is 80.0 Å². The van der Waals surface area contributed by atoms with E-state index in [1.54, 1.807) is 64.2 Å². The molecule has 3 fully saturated rings. The molecule has 6 rings (SSSR count).